The second-order valence-corrected chi connectivity index (χ2v) is 10.9. The summed E-state index contributed by atoms with van der Waals surface area (Å²) in [5.41, 5.74) is 1.90. The fourth-order valence-corrected chi connectivity index (χ4v) is 5.49. The summed E-state index contributed by atoms with van der Waals surface area (Å²) in [4.78, 5) is 30.8. The largest absolute Gasteiger partial charge is 0.496 e. The van der Waals surface area contributed by atoms with Crippen LogP contribution in [0.4, 0.5) is 18.9 Å². The maximum Gasteiger partial charge on any atom is 0.417 e. The molecule has 224 valence electrons. The number of carbonyl (C=O) groups is 2. The molecule has 0 saturated carbocycles. The van der Waals surface area contributed by atoms with Crippen LogP contribution in [-0.2, 0) is 19.3 Å². The number of halogens is 4. The van der Waals surface area contributed by atoms with Crippen LogP contribution in [-0.4, -0.2) is 55.6 Å². The lowest BCUT2D eigenvalue weighted by Crippen LogP contribution is -2.33. The Hall–Kier alpha value is -4.28. The topological polar surface area (TPSA) is 66.8 Å². The zero-order valence-corrected chi connectivity index (χ0v) is 24.6. The summed E-state index contributed by atoms with van der Waals surface area (Å²) < 4.78 is 48.8. The van der Waals surface area contributed by atoms with E-state index in [1.807, 2.05) is 53.9 Å². The van der Waals surface area contributed by atoms with Crippen molar-refractivity contribution in [2.75, 3.05) is 39.2 Å². The van der Waals surface area contributed by atoms with Crippen LogP contribution >= 0.6 is 11.6 Å². The number of hydrogen-bond acceptors (Lipinski definition) is 4. The van der Waals surface area contributed by atoms with Crippen molar-refractivity contribution in [3.8, 4) is 16.9 Å². The molecule has 0 radical (unpaired) electrons. The highest BCUT2D eigenvalue weighted by molar-refractivity contribution is 6.34. The van der Waals surface area contributed by atoms with Gasteiger partial charge in [0, 0.05) is 35.1 Å². The third-order valence-corrected chi connectivity index (χ3v) is 7.68. The van der Waals surface area contributed by atoms with E-state index in [9.17, 15) is 22.8 Å². The predicted octanol–water partition coefficient (Wildman–Crippen LogP) is 6.34. The quantitative estimate of drug-likeness (QED) is 0.265. The molecule has 1 N–H and O–H groups in total. The zero-order chi connectivity index (χ0) is 30.9. The molecule has 0 unspecified atom stereocenters. The fourth-order valence-electron chi connectivity index (χ4n) is 5.23. The minimum atomic E-state index is -4.60. The summed E-state index contributed by atoms with van der Waals surface area (Å²) in [5, 5.41) is 2.92. The van der Waals surface area contributed by atoms with Gasteiger partial charge in [-0.15, -0.1) is 0 Å². The van der Waals surface area contributed by atoms with Gasteiger partial charge in [0.1, 0.15) is 11.4 Å². The average Bonchev–Trinajstić information content (AvgIpc) is 3.29. The molecule has 0 aliphatic carbocycles. The molecule has 1 aliphatic heterocycles. The van der Waals surface area contributed by atoms with E-state index in [0.717, 1.165) is 17.3 Å². The van der Waals surface area contributed by atoms with Gasteiger partial charge >= 0.3 is 6.18 Å². The van der Waals surface area contributed by atoms with Gasteiger partial charge in [-0.3, -0.25) is 9.59 Å². The number of amides is 2. The second-order valence-electron chi connectivity index (χ2n) is 10.5. The maximum absolute atomic E-state index is 14.2. The highest BCUT2D eigenvalue weighted by Gasteiger charge is 2.35. The van der Waals surface area contributed by atoms with Crippen LogP contribution in [0.2, 0.25) is 5.02 Å². The van der Waals surface area contributed by atoms with Crippen molar-refractivity contribution in [1.82, 2.24) is 14.8 Å². The first kappa shape index (κ1) is 30.2. The van der Waals surface area contributed by atoms with Gasteiger partial charge in [-0.25, -0.2) is 0 Å². The fraction of sp³-hybridized carbons (Fsp3) is 0.250. The lowest BCUT2D eigenvalue weighted by molar-refractivity contribution is -0.137. The van der Waals surface area contributed by atoms with Gasteiger partial charge in [-0.1, -0.05) is 48.0 Å². The number of aromatic nitrogens is 1. The summed E-state index contributed by atoms with van der Waals surface area (Å²) in [6.07, 6.45) is -4.60. The highest BCUT2D eigenvalue weighted by atomic mass is 35.5. The lowest BCUT2D eigenvalue weighted by Gasteiger charge is -2.24. The van der Waals surface area contributed by atoms with Crippen LogP contribution in [0.1, 0.15) is 37.7 Å². The number of nitrogens with one attached hydrogen (secondary N) is 1. The standard InChI is InChI=1S/C32H30ClF3N4O3/c1-38(2)15-14-37-30(41)28-13-12-21-19-40(27-11-7-4-8-20(27)18-39(21)28)31(42)24-16-26(33)23(17-29(24)43-3)22-9-5-6-10-25(22)32(34,35)36/h4-13,16-17H,14-15,18-19H2,1-3H3,(H,37,41). The number of alkyl halides is 3. The normalized spacial score (nSPS) is 12.9. The number of ether oxygens (including phenoxy) is 1. The number of benzene rings is 3. The average molecular weight is 611 g/mol. The predicted molar refractivity (Wildman–Crippen MR) is 160 cm³/mol. The molecule has 4 aromatic rings. The Balaban J connectivity index is 1.53. The van der Waals surface area contributed by atoms with Crippen molar-refractivity contribution in [3.05, 3.63) is 106 Å². The molecule has 11 heteroatoms. The summed E-state index contributed by atoms with van der Waals surface area (Å²) in [6, 6.07) is 18.8. The lowest BCUT2D eigenvalue weighted by atomic mass is 9.97. The molecule has 0 atom stereocenters. The molecule has 5 rings (SSSR count). The molecule has 0 spiro atoms. The van der Waals surface area contributed by atoms with Crippen LogP contribution in [0, 0.1) is 0 Å². The van der Waals surface area contributed by atoms with Crippen LogP contribution in [0.15, 0.2) is 72.8 Å². The first-order chi connectivity index (χ1) is 20.5. The van der Waals surface area contributed by atoms with E-state index in [1.54, 1.807) is 11.0 Å². The molecule has 7 nitrogen and oxygen atoms in total. The molecule has 1 aromatic heterocycles. The van der Waals surface area contributed by atoms with E-state index in [4.69, 9.17) is 16.3 Å². The smallest absolute Gasteiger partial charge is 0.417 e. The van der Waals surface area contributed by atoms with E-state index in [1.165, 1.54) is 37.4 Å². The van der Waals surface area contributed by atoms with Gasteiger partial charge in [0.2, 0.25) is 0 Å². The summed E-state index contributed by atoms with van der Waals surface area (Å²) in [5.74, 6) is -0.582. The summed E-state index contributed by atoms with van der Waals surface area (Å²) >= 11 is 6.57. The van der Waals surface area contributed by atoms with Crippen molar-refractivity contribution < 1.29 is 27.5 Å². The Morgan fingerprint density at radius 2 is 1.70 bits per heavy atom. The number of rotatable bonds is 7. The number of para-hydroxylation sites is 1. The van der Waals surface area contributed by atoms with E-state index < -0.39 is 17.6 Å². The molecular weight excluding hydrogens is 581 g/mol. The molecule has 43 heavy (non-hydrogen) atoms. The monoisotopic (exact) mass is 610 g/mol. The van der Waals surface area contributed by atoms with E-state index in [-0.39, 0.29) is 39.9 Å². The molecule has 0 saturated heterocycles. The van der Waals surface area contributed by atoms with Gasteiger partial charge in [0.05, 0.1) is 31.3 Å². The number of carbonyl (C=O) groups excluding carboxylic acids is 2. The van der Waals surface area contributed by atoms with Gasteiger partial charge in [-0.2, -0.15) is 13.2 Å². The molecule has 3 aromatic carbocycles. The first-order valence-corrected chi connectivity index (χ1v) is 13.9. The van der Waals surface area contributed by atoms with Crippen LogP contribution < -0.4 is 15.0 Å². The van der Waals surface area contributed by atoms with Crippen molar-refractivity contribution in [1.29, 1.82) is 0 Å². The Kier molecular flexibility index (Phi) is 8.52. The van der Waals surface area contributed by atoms with Crippen molar-refractivity contribution in [2.24, 2.45) is 0 Å². The zero-order valence-electron chi connectivity index (χ0n) is 23.8. The number of anilines is 1. The number of nitrogens with zero attached hydrogens (tertiary/aromatic N) is 3. The van der Waals surface area contributed by atoms with Crippen molar-refractivity contribution in [3.63, 3.8) is 0 Å². The maximum atomic E-state index is 14.2. The molecule has 2 amide bonds. The number of likely N-dealkylation sites (N-methyl/N-ethyl adjacent to an activating group) is 1. The molecule has 0 fully saturated rings. The first-order valence-electron chi connectivity index (χ1n) is 13.5. The van der Waals surface area contributed by atoms with Crippen molar-refractivity contribution >= 4 is 29.1 Å². The number of hydrogen-bond donors (Lipinski definition) is 1. The van der Waals surface area contributed by atoms with Crippen LogP contribution in [0.25, 0.3) is 11.1 Å². The summed E-state index contributed by atoms with van der Waals surface area (Å²) in [7, 11) is 5.20. The number of methoxy groups -OCH3 is 1. The van der Waals surface area contributed by atoms with E-state index in [0.29, 0.717) is 31.0 Å². The molecule has 0 bridgehead atoms. The molecule has 1 aliphatic rings. The summed E-state index contributed by atoms with van der Waals surface area (Å²) in [6.45, 7) is 1.68. The molecular formula is C32H30ClF3N4O3. The Morgan fingerprint density at radius 3 is 2.42 bits per heavy atom. The SMILES string of the molecule is COc1cc(-c2ccccc2C(F)(F)F)c(Cl)cc1C(=O)N1Cc2ccc(C(=O)NCCN(C)C)n2Cc2ccccc21. The van der Waals surface area contributed by atoms with Gasteiger partial charge in [-0.05, 0) is 61.6 Å². The van der Waals surface area contributed by atoms with Crippen molar-refractivity contribution in [2.45, 2.75) is 19.3 Å². The number of fused-ring (bicyclic) bond motifs is 2. The third-order valence-electron chi connectivity index (χ3n) is 7.37. The van der Waals surface area contributed by atoms with Gasteiger partial charge in [0.15, 0.2) is 0 Å². The van der Waals surface area contributed by atoms with Gasteiger partial charge < -0.3 is 24.4 Å². The highest BCUT2D eigenvalue weighted by Crippen LogP contribution is 2.42. The van der Waals surface area contributed by atoms with E-state index >= 15 is 0 Å². The molecule has 2 heterocycles. The third kappa shape index (κ3) is 6.11. The Bertz CT molecular complexity index is 1680. The minimum absolute atomic E-state index is 0.0241. The van der Waals surface area contributed by atoms with Crippen LogP contribution in [0.5, 0.6) is 5.75 Å². The Morgan fingerprint density at radius 1 is 0.977 bits per heavy atom. The van der Waals surface area contributed by atoms with E-state index in [2.05, 4.69) is 5.32 Å². The second kappa shape index (κ2) is 12.1. The van der Waals surface area contributed by atoms with Crippen LogP contribution in [0.3, 0.4) is 0 Å². The Labute approximate surface area is 252 Å². The minimum Gasteiger partial charge on any atom is -0.496 e. The van der Waals surface area contributed by atoms with Gasteiger partial charge in [0.25, 0.3) is 11.8 Å².